The number of imide groups is 1. The number of nitrogens with zero attached hydrogens (tertiary/aromatic N) is 1. The molecule has 1 aromatic carbocycles. The molecule has 24 heavy (non-hydrogen) atoms. The Balaban J connectivity index is 1.48. The third kappa shape index (κ3) is 2.37. The van der Waals surface area contributed by atoms with E-state index >= 15 is 0 Å². The molecule has 1 spiro atoms. The predicted molar refractivity (Wildman–Crippen MR) is 87.3 cm³/mol. The number of aryl methyl sites for hydroxylation is 1. The average molecular weight is 327 g/mol. The molecule has 2 saturated heterocycles. The van der Waals surface area contributed by atoms with Gasteiger partial charge in [0.15, 0.2) is 0 Å². The quantitative estimate of drug-likeness (QED) is 0.763. The molecule has 3 aliphatic rings. The van der Waals surface area contributed by atoms with E-state index in [2.05, 4.69) is 22.8 Å². The molecule has 0 radical (unpaired) electrons. The van der Waals surface area contributed by atoms with E-state index in [0.717, 1.165) is 24.8 Å². The number of carbonyl (C=O) groups is 3. The molecule has 6 heteroatoms. The molecule has 4 amide bonds. The summed E-state index contributed by atoms with van der Waals surface area (Å²) in [6.07, 6.45) is 3.91. The van der Waals surface area contributed by atoms with Crippen molar-refractivity contribution in [2.24, 2.45) is 0 Å². The largest absolute Gasteiger partial charge is 0.342 e. The number of amides is 4. The highest BCUT2D eigenvalue weighted by Gasteiger charge is 2.48. The summed E-state index contributed by atoms with van der Waals surface area (Å²) in [4.78, 5) is 38.3. The van der Waals surface area contributed by atoms with Crippen LogP contribution in [0.1, 0.15) is 42.7 Å². The fourth-order valence-electron chi connectivity index (χ4n) is 4.22. The lowest BCUT2D eigenvalue weighted by molar-refractivity contribution is -0.137. The number of fused-ring (bicyclic) bond motifs is 1. The summed E-state index contributed by atoms with van der Waals surface area (Å²) in [7, 11) is 0. The van der Waals surface area contributed by atoms with E-state index < -0.39 is 11.6 Å². The Labute approximate surface area is 140 Å². The number of nitrogens with one attached hydrogen (secondary N) is 2. The van der Waals surface area contributed by atoms with Crippen LogP contribution in [0.15, 0.2) is 24.3 Å². The Morgan fingerprint density at radius 2 is 1.92 bits per heavy atom. The van der Waals surface area contributed by atoms with Crippen molar-refractivity contribution >= 4 is 17.8 Å². The second-order valence-electron chi connectivity index (χ2n) is 6.96. The van der Waals surface area contributed by atoms with Crippen molar-refractivity contribution in [2.75, 3.05) is 13.1 Å². The fraction of sp³-hybridized carbons (Fsp3) is 0.500. The number of carbonyl (C=O) groups excluding carboxylic acids is 3. The summed E-state index contributed by atoms with van der Waals surface area (Å²) in [5.74, 6) is -0.180. The van der Waals surface area contributed by atoms with E-state index in [1.165, 1.54) is 5.56 Å². The number of rotatable bonds is 1. The van der Waals surface area contributed by atoms with Crippen LogP contribution in [0.25, 0.3) is 0 Å². The fourth-order valence-corrected chi connectivity index (χ4v) is 4.22. The first-order chi connectivity index (χ1) is 11.6. The molecule has 2 fully saturated rings. The van der Waals surface area contributed by atoms with E-state index in [4.69, 9.17) is 0 Å². The summed E-state index contributed by atoms with van der Waals surface area (Å²) in [6.45, 7) is 1.01. The summed E-state index contributed by atoms with van der Waals surface area (Å²) in [5, 5.41) is 5.04. The van der Waals surface area contributed by atoms with Gasteiger partial charge in [0, 0.05) is 13.1 Å². The molecule has 1 aromatic rings. The van der Waals surface area contributed by atoms with Crippen molar-refractivity contribution in [3.05, 3.63) is 35.4 Å². The molecule has 2 heterocycles. The Morgan fingerprint density at radius 1 is 1.17 bits per heavy atom. The molecule has 0 unspecified atom stereocenters. The van der Waals surface area contributed by atoms with Gasteiger partial charge >= 0.3 is 6.03 Å². The van der Waals surface area contributed by atoms with Gasteiger partial charge in [0.25, 0.3) is 5.91 Å². The number of hydrogen-bond donors (Lipinski definition) is 2. The van der Waals surface area contributed by atoms with Gasteiger partial charge < -0.3 is 10.2 Å². The normalized spacial score (nSPS) is 25.2. The van der Waals surface area contributed by atoms with Gasteiger partial charge in [-0.2, -0.15) is 0 Å². The maximum atomic E-state index is 13.0. The van der Waals surface area contributed by atoms with Crippen LogP contribution >= 0.6 is 0 Å². The van der Waals surface area contributed by atoms with Crippen molar-refractivity contribution in [3.63, 3.8) is 0 Å². The second-order valence-corrected chi connectivity index (χ2v) is 6.96. The van der Waals surface area contributed by atoms with Crippen LogP contribution in [0.5, 0.6) is 0 Å². The molecule has 1 aliphatic carbocycles. The summed E-state index contributed by atoms with van der Waals surface area (Å²) >= 11 is 0. The third-order valence-corrected chi connectivity index (χ3v) is 5.61. The molecule has 0 aromatic heterocycles. The van der Waals surface area contributed by atoms with Gasteiger partial charge in [0.2, 0.25) is 5.91 Å². The van der Waals surface area contributed by atoms with Crippen LogP contribution < -0.4 is 10.6 Å². The zero-order valence-electron chi connectivity index (χ0n) is 13.5. The minimum atomic E-state index is -0.821. The molecule has 126 valence electrons. The first-order valence-corrected chi connectivity index (χ1v) is 8.59. The van der Waals surface area contributed by atoms with Gasteiger partial charge in [-0.15, -0.1) is 0 Å². The van der Waals surface area contributed by atoms with E-state index in [9.17, 15) is 14.4 Å². The Morgan fingerprint density at radius 3 is 2.62 bits per heavy atom. The zero-order chi connectivity index (χ0) is 16.7. The number of urea groups is 1. The monoisotopic (exact) mass is 327 g/mol. The average Bonchev–Trinajstić information content (AvgIpc) is 2.87. The first-order valence-electron chi connectivity index (χ1n) is 8.59. The first kappa shape index (κ1) is 15.2. The Hall–Kier alpha value is -2.37. The van der Waals surface area contributed by atoms with E-state index in [1.54, 1.807) is 0 Å². The number of piperidine rings is 1. The lowest BCUT2D eigenvalue weighted by atomic mass is 9.81. The van der Waals surface area contributed by atoms with E-state index in [0.29, 0.717) is 25.9 Å². The summed E-state index contributed by atoms with van der Waals surface area (Å²) in [6, 6.07) is 7.76. The highest BCUT2D eigenvalue weighted by atomic mass is 16.2. The van der Waals surface area contributed by atoms with Gasteiger partial charge in [-0.1, -0.05) is 24.3 Å². The molecule has 4 rings (SSSR count). The topological polar surface area (TPSA) is 78.5 Å². The maximum Gasteiger partial charge on any atom is 0.322 e. The van der Waals surface area contributed by atoms with Crippen molar-refractivity contribution < 1.29 is 14.4 Å². The highest BCUT2D eigenvalue weighted by Crippen LogP contribution is 2.34. The second kappa shape index (κ2) is 5.61. The van der Waals surface area contributed by atoms with Crippen LogP contribution in [0, 0.1) is 0 Å². The van der Waals surface area contributed by atoms with E-state index in [1.807, 2.05) is 17.0 Å². The number of benzene rings is 1. The lowest BCUT2D eigenvalue weighted by Crippen LogP contribution is -2.56. The zero-order valence-corrected chi connectivity index (χ0v) is 13.5. The lowest BCUT2D eigenvalue weighted by Gasteiger charge is -2.39. The van der Waals surface area contributed by atoms with Gasteiger partial charge in [-0.3, -0.25) is 14.9 Å². The van der Waals surface area contributed by atoms with Crippen LogP contribution in [-0.4, -0.2) is 41.4 Å². The summed E-state index contributed by atoms with van der Waals surface area (Å²) < 4.78 is 0. The number of likely N-dealkylation sites (tertiary alicyclic amines) is 1. The SMILES string of the molecule is O=C1NC(=O)C2(CCN(C(=O)[C@@H]3CCCc4ccccc43)CC2)N1. The molecular weight excluding hydrogens is 306 g/mol. The minimum absolute atomic E-state index is 0.0732. The van der Waals surface area contributed by atoms with E-state index in [-0.39, 0.29) is 17.7 Å². The number of hydrogen-bond acceptors (Lipinski definition) is 3. The van der Waals surface area contributed by atoms with Crippen LogP contribution in [-0.2, 0) is 16.0 Å². The molecule has 6 nitrogen and oxygen atoms in total. The molecule has 0 bridgehead atoms. The van der Waals surface area contributed by atoms with Crippen molar-refractivity contribution in [3.8, 4) is 0 Å². The van der Waals surface area contributed by atoms with Gasteiger partial charge in [-0.05, 0) is 43.2 Å². The van der Waals surface area contributed by atoms with Crippen LogP contribution in [0.2, 0.25) is 0 Å². The minimum Gasteiger partial charge on any atom is -0.342 e. The molecule has 1 atom stereocenters. The van der Waals surface area contributed by atoms with Gasteiger partial charge in [0.05, 0.1) is 5.92 Å². The molecular formula is C18H21N3O3. The van der Waals surface area contributed by atoms with Crippen LogP contribution in [0.4, 0.5) is 4.79 Å². The standard InChI is InChI=1S/C18H21N3O3/c22-15(14-7-3-5-12-4-1-2-6-13(12)14)21-10-8-18(9-11-21)16(23)19-17(24)20-18/h1-2,4,6,14H,3,5,7-11H2,(H2,19,20,23,24)/t14-/m1/s1. The van der Waals surface area contributed by atoms with Crippen molar-refractivity contribution in [1.29, 1.82) is 0 Å². The Bertz CT molecular complexity index is 707. The Kier molecular flexibility index (Phi) is 3.55. The van der Waals surface area contributed by atoms with Gasteiger partial charge in [-0.25, -0.2) is 4.79 Å². The van der Waals surface area contributed by atoms with Crippen molar-refractivity contribution in [1.82, 2.24) is 15.5 Å². The molecule has 0 saturated carbocycles. The maximum absolute atomic E-state index is 13.0. The summed E-state index contributed by atoms with van der Waals surface area (Å²) in [5.41, 5.74) is 1.61. The molecule has 2 N–H and O–H groups in total. The van der Waals surface area contributed by atoms with Crippen LogP contribution in [0.3, 0.4) is 0 Å². The highest BCUT2D eigenvalue weighted by molar-refractivity contribution is 6.07. The predicted octanol–water partition coefficient (Wildman–Crippen LogP) is 1.31. The molecule has 2 aliphatic heterocycles. The third-order valence-electron chi connectivity index (χ3n) is 5.61. The van der Waals surface area contributed by atoms with Gasteiger partial charge in [0.1, 0.15) is 5.54 Å². The smallest absolute Gasteiger partial charge is 0.322 e. The van der Waals surface area contributed by atoms with Crippen molar-refractivity contribution in [2.45, 2.75) is 43.6 Å².